The van der Waals surface area contributed by atoms with Crippen molar-refractivity contribution >= 4 is 46.6 Å². The summed E-state index contributed by atoms with van der Waals surface area (Å²) in [4.78, 5) is 25.6. The smallest absolute Gasteiger partial charge is 0.295 e. The van der Waals surface area contributed by atoms with E-state index in [4.69, 9.17) is 27.9 Å². The number of hydrogen-bond acceptors (Lipinski definition) is 6. The van der Waals surface area contributed by atoms with Gasteiger partial charge in [-0.05, 0) is 31.2 Å². The maximum absolute atomic E-state index is 13.0. The zero-order valence-electron chi connectivity index (χ0n) is 19.2. The van der Waals surface area contributed by atoms with Gasteiger partial charge in [0, 0.05) is 25.2 Å². The van der Waals surface area contributed by atoms with Gasteiger partial charge in [-0.1, -0.05) is 53.2 Å². The fourth-order valence-corrected chi connectivity index (χ4v) is 4.41. The molecule has 0 unspecified atom stereocenters. The molecule has 182 valence electrons. The van der Waals surface area contributed by atoms with E-state index in [0.717, 1.165) is 0 Å². The number of nitrogens with one attached hydrogen (secondary N) is 1. The molecule has 0 aliphatic rings. The Morgan fingerprint density at radius 2 is 1.86 bits per heavy atom. The van der Waals surface area contributed by atoms with Crippen molar-refractivity contribution in [2.45, 2.75) is 18.7 Å². The van der Waals surface area contributed by atoms with Crippen molar-refractivity contribution in [3.05, 3.63) is 80.4 Å². The lowest BCUT2D eigenvalue weighted by Gasteiger charge is -2.08. The van der Waals surface area contributed by atoms with Crippen LogP contribution in [0.1, 0.15) is 11.5 Å². The maximum atomic E-state index is 13.0. The van der Waals surface area contributed by atoms with Crippen LogP contribution in [0.3, 0.4) is 0 Å². The summed E-state index contributed by atoms with van der Waals surface area (Å²) in [7, 11) is 3.55. The molecule has 0 aliphatic carbocycles. The number of nitrogens with zero attached hydrogens (tertiary/aromatic N) is 5. The number of benzene rings is 2. The highest BCUT2D eigenvalue weighted by atomic mass is 35.5. The number of carbonyl (C=O) groups is 1. The number of rotatable bonds is 8. The largest absolute Gasteiger partial charge is 0.484 e. The van der Waals surface area contributed by atoms with Gasteiger partial charge in [0.05, 0.1) is 22.2 Å². The van der Waals surface area contributed by atoms with E-state index in [2.05, 4.69) is 15.5 Å². The molecule has 0 aliphatic heterocycles. The van der Waals surface area contributed by atoms with Gasteiger partial charge in [0.2, 0.25) is 5.91 Å². The molecule has 4 rings (SSSR count). The lowest BCUT2D eigenvalue weighted by atomic mass is 10.3. The van der Waals surface area contributed by atoms with Gasteiger partial charge in [-0.25, -0.2) is 4.68 Å². The van der Waals surface area contributed by atoms with Gasteiger partial charge in [-0.2, -0.15) is 0 Å². The first-order valence-electron chi connectivity index (χ1n) is 10.5. The summed E-state index contributed by atoms with van der Waals surface area (Å²) >= 11 is 13.3. The van der Waals surface area contributed by atoms with Gasteiger partial charge >= 0.3 is 0 Å². The number of anilines is 1. The number of ether oxygens (including phenoxy) is 1. The van der Waals surface area contributed by atoms with E-state index in [1.807, 2.05) is 30.3 Å². The van der Waals surface area contributed by atoms with Crippen LogP contribution in [-0.4, -0.2) is 35.8 Å². The molecule has 0 radical (unpaired) electrons. The van der Waals surface area contributed by atoms with Crippen LogP contribution in [0.2, 0.25) is 10.0 Å². The molecule has 2 heterocycles. The molecule has 1 amide bonds. The monoisotopic (exact) mass is 532 g/mol. The zero-order valence-corrected chi connectivity index (χ0v) is 21.5. The standard InChI is InChI=1S/C23H22Cl2N6O3S/c1-14-21(22(33)31(30(14)3)16-7-5-4-6-8-16)26-20(32)13-35-23-28-27-19(29(23)2)12-34-18-11-15(24)9-10-17(18)25/h4-11H,12-13H2,1-3H3,(H,26,32). The highest BCUT2D eigenvalue weighted by molar-refractivity contribution is 7.99. The third-order valence-corrected chi connectivity index (χ3v) is 6.89. The quantitative estimate of drug-likeness (QED) is 0.341. The van der Waals surface area contributed by atoms with Gasteiger partial charge in [0.15, 0.2) is 11.0 Å². The predicted molar refractivity (Wildman–Crippen MR) is 137 cm³/mol. The van der Waals surface area contributed by atoms with E-state index in [9.17, 15) is 9.59 Å². The topological polar surface area (TPSA) is 96.0 Å². The van der Waals surface area contributed by atoms with E-state index in [0.29, 0.717) is 38.2 Å². The van der Waals surface area contributed by atoms with E-state index in [-0.39, 0.29) is 29.5 Å². The number of halogens is 2. The van der Waals surface area contributed by atoms with Crippen molar-refractivity contribution < 1.29 is 9.53 Å². The second-order valence-electron chi connectivity index (χ2n) is 7.59. The average Bonchev–Trinajstić information content (AvgIpc) is 3.30. The summed E-state index contributed by atoms with van der Waals surface area (Å²) in [5, 5.41) is 12.5. The first kappa shape index (κ1) is 24.9. The van der Waals surface area contributed by atoms with Crippen molar-refractivity contribution in [1.82, 2.24) is 24.1 Å². The second kappa shape index (κ2) is 10.6. The van der Waals surface area contributed by atoms with E-state index in [1.54, 1.807) is 48.5 Å². The highest BCUT2D eigenvalue weighted by Gasteiger charge is 2.19. The van der Waals surface area contributed by atoms with Gasteiger partial charge in [0.25, 0.3) is 5.56 Å². The van der Waals surface area contributed by atoms with Gasteiger partial charge in [-0.3, -0.25) is 14.3 Å². The Hall–Kier alpha value is -3.21. The molecule has 1 N–H and O–H groups in total. The van der Waals surface area contributed by atoms with Gasteiger partial charge < -0.3 is 14.6 Å². The van der Waals surface area contributed by atoms with Gasteiger partial charge in [0.1, 0.15) is 18.0 Å². The first-order chi connectivity index (χ1) is 16.8. The molecule has 0 spiro atoms. The van der Waals surface area contributed by atoms with Crippen LogP contribution < -0.4 is 15.6 Å². The summed E-state index contributed by atoms with van der Waals surface area (Å²) in [6.07, 6.45) is 0. The molecule has 9 nitrogen and oxygen atoms in total. The molecule has 0 saturated carbocycles. The molecular formula is C23H22Cl2N6O3S. The Balaban J connectivity index is 1.40. The zero-order chi connectivity index (χ0) is 25.1. The van der Waals surface area contributed by atoms with Crippen LogP contribution in [-0.2, 0) is 25.5 Å². The van der Waals surface area contributed by atoms with Crippen LogP contribution in [0.25, 0.3) is 5.69 Å². The minimum absolute atomic E-state index is 0.0477. The summed E-state index contributed by atoms with van der Waals surface area (Å²) in [5.41, 5.74) is 1.31. The van der Waals surface area contributed by atoms with Crippen LogP contribution in [0.5, 0.6) is 5.75 Å². The van der Waals surface area contributed by atoms with Crippen molar-refractivity contribution in [2.24, 2.45) is 14.1 Å². The molecule has 35 heavy (non-hydrogen) atoms. The van der Waals surface area contributed by atoms with Crippen LogP contribution in [0, 0.1) is 6.92 Å². The van der Waals surface area contributed by atoms with E-state index in [1.165, 1.54) is 16.4 Å². The molecule has 0 atom stereocenters. The third-order valence-electron chi connectivity index (χ3n) is 5.33. The Morgan fingerprint density at radius 3 is 2.60 bits per heavy atom. The number of hydrogen-bond donors (Lipinski definition) is 1. The summed E-state index contributed by atoms with van der Waals surface area (Å²) in [6, 6.07) is 14.2. The van der Waals surface area contributed by atoms with Crippen molar-refractivity contribution in [3.63, 3.8) is 0 Å². The predicted octanol–water partition coefficient (Wildman–Crippen LogP) is 4.23. The average molecular weight is 533 g/mol. The molecule has 0 bridgehead atoms. The fourth-order valence-electron chi connectivity index (χ4n) is 3.34. The SMILES string of the molecule is Cc1c(NC(=O)CSc2nnc(COc3cc(Cl)ccc3Cl)n2C)c(=O)n(-c2ccccc2)n1C. The minimum Gasteiger partial charge on any atom is -0.484 e. The fraction of sp³-hybridized carbons (Fsp3) is 0.217. The van der Waals surface area contributed by atoms with Crippen molar-refractivity contribution in [1.29, 1.82) is 0 Å². The molecule has 0 fully saturated rings. The number of carbonyl (C=O) groups excluding carboxylic acids is 1. The summed E-state index contributed by atoms with van der Waals surface area (Å²) in [6.45, 7) is 1.91. The van der Waals surface area contributed by atoms with Gasteiger partial charge in [-0.15, -0.1) is 10.2 Å². The van der Waals surface area contributed by atoms with Crippen LogP contribution in [0.4, 0.5) is 5.69 Å². The molecule has 12 heteroatoms. The Bertz CT molecular complexity index is 1430. The number of para-hydroxylation sites is 1. The lowest BCUT2D eigenvalue weighted by Crippen LogP contribution is -2.23. The highest BCUT2D eigenvalue weighted by Crippen LogP contribution is 2.28. The molecular weight excluding hydrogens is 511 g/mol. The Kier molecular flexibility index (Phi) is 7.54. The second-order valence-corrected chi connectivity index (χ2v) is 9.38. The Morgan fingerprint density at radius 1 is 1.11 bits per heavy atom. The Labute approximate surface area is 215 Å². The molecule has 4 aromatic rings. The number of aromatic nitrogens is 5. The normalized spacial score (nSPS) is 11.0. The minimum atomic E-state index is -0.326. The van der Waals surface area contributed by atoms with Crippen LogP contribution in [0.15, 0.2) is 58.5 Å². The summed E-state index contributed by atoms with van der Waals surface area (Å²) < 4.78 is 10.7. The molecule has 0 saturated heterocycles. The first-order valence-corrected chi connectivity index (χ1v) is 12.2. The van der Waals surface area contributed by atoms with Crippen molar-refractivity contribution in [2.75, 3.05) is 11.1 Å². The maximum Gasteiger partial charge on any atom is 0.295 e. The number of amides is 1. The lowest BCUT2D eigenvalue weighted by molar-refractivity contribution is -0.113. The van der Waals surface area contributed by atoms with E-state index >= 15 is 0 Å². The third kappa shape index (κ3) is 5.39. The molecule has 2 aromatic heterocycles. The molecule has 2 aromatic carbocycles. The number of thioether (sulfide) groups is 1. The van der Waals surface area contributed by atoms with E-state index < -0.39 is 0 Å². The van der Waals surface area contributed by atoms with Crippen molar-refractivity contribution in [3.8, 4) is 11.4 Å². The summed E-state index contributed by atoms with van der Waals surface area (Å²) in [5.74, 6) is 0.711. The van der Waals surface area contributed by atoms with Crippen LogP contribution >= 0.6 is 35.0 Å².